The highest BCUT2D eigenvalue weighted by molar-refractivity contribution is 6.17. The summed E-state index contributed by atoms with van der Waals surface area (Å²) < 4.78 is 2.32. The monoisotopic (exact) mass is 499 g/mol. The van der Waals surface area contributed by atoms with Crippen molar-refractivity contribution in [2.24, 2.45) is 0 Å². The van der Waals surface area contributed by atoms with Gasteiger partial charge in [0.25, 0.3) is 0 Å². The molecule has 0 bridgehead atoms. The molecule has 184 valence electrons. The van der Waals surface area contributed by atoms with Crippen LogP contribution in [0.3, 0.4) is 0 Å². The van der Waals surface area contributed by atoms with Gasteiger partial charge in [-0.15, -0.1) is 0 Å². The lowest BCUT2D eigenvalue weighted by atomic mass is 9.97. The predicted molar refractivity (Wildman–Crippen MR) is 160 cm³/mol. The van der Waals surface area contributed by atoms with E-state index in [1.807, 2.05) is 18.5 Å². The number of fused-ring (bicyclic) bond motifs is 7. The first kappa shape index (κ1) is 22.0. The van der Waals surface area contributed by atoms with E-state index < -0.39 is 0 Å². The van der Waals surface area contributed by atoms with Crippen LogP contribution in [0.15, 0.2) is 122 Å². The molecule has 0 aliphatic heterocycles. The summed E-state index contributed by atoms with van der Waals surface area (Å²) in [4.78, 5) is 9.43. The summed E-state index contributed by atoms with van der Waals surface area (Å²) in [6, 6.07) is 39.3. The van der Waals surface area contributed by atoms with Gasteiger partial charge in [0.2, 0.25) is 0 Å². The molecule has 0 spiro atoms. The normalized spacial score (nSPS) is 12.1. The first-order valence-electron chi connectivity index (χ1n) is 13.4. The molecular weight excluding hydrogens is 474 g/mol. The van der Waals surface area contributed by atoms with Crippen LogP contribution in [-0.4, -0.2) is 14.5 Å². The summed E-state index contributed by atoms with van der Waals surface area (Å²) in [5.74, 6) is 0.929. The highest BCUT2D eigenvalue weighted by Crippen LogP contribution is 2.46. The maximum absolute atomic E-state index is 4.78. The first-order chi connectivity index (χ1) is 19.2. The minimum absolute atomic E-state index is 0.929. The Morgan fingerprint density at radius 2 is 1.51 bits per heavy atom. The van der Waals surface area contributed by atoms with Crippen molar-refractivity contribution in [1.82, 2.24) is 14.5 Å². The molecule has 0 unspecified atom stereocenters. The molecule has 3 aromatic heterocycles. The fourth-order valence-electron chi connectivity index (χ4n) is 6.14. The molecule has 7 aromatic rings. The van der Waals surface area contributed by atoms with Gasteiger partial charge in [0.1, 0.15) is 5.82 Å². The maximum Gasteiger partial charge on any atom is 0.137 e. The molecule has 1 aliphatic rings. The Hall–Kier alpha value is -5.02. The number of nitrogens with zero attached hydrogens (tertiary/aromatic N) is 3. The van der Waals surface area contributed by atoms with Crippen LogP contribution in [0.25, 0.3) is 61.1 Å². The molecule has 3 heteroatoms. The van der Waals surface area contributed by atoms with Crippen LogP contribution < -0.4 is 0 Å². The standard InChI is InChI=1S/C36H25N3/c1-23-12-16-31(38-22-23)27-9-6-8-24(19-27)25-13-15-30-33(21-25)39(34-11-4-5-18-37-34)32-17-14-28-20-26-7-2-3-10-29(26)35(28)36(30)32/h2-19,21-22H,20H2,1H3. The molecule has 0 atom stereocenters. The molecule has 4 aromatic carbocycles. The number of aryl methyl sites for hydroxylation is 1. The SMILES string of the molecule is Cc1ccc(-c2cccc(-c3ccc4c5c6c(ccc5n(-c5ccccn5)c4c3)Cc3ccccc3-6)c2)nc1. The second-order valence-electron chi connectivity index (χ2n) is 10.4. The van der Waals surface area contributed by atoms with E-state index in [2.05, 4.69) is 120 Å². The van der Waals surface area contributed by atoms with Crippen molar-refractivity contribution >= 4 is 21.8 Å². The topological polar surface area (TPSA) is 30.7 Å². The minimum Gasteiger partial charge on any atom is -0.294 e. The third kappa shape index (κ3) is 3.44. The van der Waals surface area contributed by atoms with Gasteiger partial charge in [-0.25, -0.2) is 4.98 Å². The van der Waals surface area contributed by atoms with Crippen molar-refractivity contribution < 1.29 is 0 Å². The predicted octanol–water partition coefficient (Wildman–Crippen LogP) is 8.79. The lowest BCUT2D eigenvalue weighted by Gasteiger charge is -2.09. The Kier molecular flexibility index (Phi) is 4.80. The fraction of sp³-hybridized carbons (Fsp3) is 0.0556. The molecule has 8 rings (SSSR count). The van der Waals surface area contributed by atoms with Gasteiger partial charge in [0.05, 0.1) is 16.7 Å². The number of hydrogen-bond donors (Lipinski definition) is 0. The second kappa shape index (κ2) is 8.50. The van der Waals surface area contributed by atoms with E-state index in [9.17, 15) is 0 Å². The Bertz CT molecular complexity index is 2030. The summed E-state index contributed by atoms with van der Waals surface area (Å²) in [6.45, 7) is 2.07. The van der Waals surface area contributed by atoms with Gasteiger partial charge in [0.15, 0.2) is 0 Å². The molecule has 0 N–H and O–H groups in total. The lowest BCUT2D eigenvalue weighted by molar-refractivity contribution is 1.08. The van der Waals surface area contributed by atoms with Gasteiger partial charge in [-0.3, -0.25) is 9.55 Å². The first-order valence-corrected chi connectivity index (χ1v) is 13.4. The minimum atomic E-state index is 0.929. The molecule has 0 saturated carbocycles. The highest BCUT2D eigenvalue weighted by Gasteiger charge is 2.25. The maximum atomic E-state index is 4.78. The van der Waals surface area contributed by atoms with Crippen LogP contribution in [0.1, 0.15) is 16.7 Å². The molecule has 0 radical (unpaired) electrons. The summed E-state index contributed by atoms with van der Waals surface area (Å²) in [7, 11) is 0. The van der Waals surface area contributed by atoms with E-state index in [4.69, 9.17) is 4.98 Å². The number of benzene rings is 4. The van der Waals surface area contributed by atoms with E-state index in [0.29, 0.717) is 0 Å². The van der Waals surface area contributed by atoms with Gasteiger partial charge in [-0.05, 0) is 88.7 Å². The summed E-state index contributed by atoms with van der Waals surface area (Å²) in [5.41, 5.74) is 13.5. The third-order valence-electron chi connectivity index (χ3n) is 7.97. The zero-order valence-corrected chi connectivity index (χ0v) is 21.6. The van der Waals surface area contributed by atoms with Crippen LogP contribution in [-0.2, 0) is 6.42 Å². The summed E-state index contributed by atoms with van der Waals surface area (Å²) in [6.07, 6.45) is 4.78. The highest BCUT2D eigenvalue weighted by atomic mass is 15.1. The summed E-state index contributed by atoms with van der Waals surface area (Å²) in [5, 5.41) is 2.56. The van der Waals surface area contributed by atoms with Gasteiger partial charge < -0.3 is 0 Å². The quantitative estimate of drug-likeness (QED) is 0.243. The zero-order chi connectivity index (χ0) is 25.9. The van der Waals surface area contributed by atoms with Gasteiger partial charge in [0, 0.05) is 28.7 Å². The van der Waals surface area contributed by atoms with Crippen molar-refractivity contribution in [1.29, 1.82) is 0 Å². The smallest absolute Gasteiger partial charge is 0.137 e. The molecule has 3 nitrogen and oxygen atoms in total. The zero-order valence-electron chi connectivity index (χ0n) is 21.6. The van der Waals surface area contributed by atoms with Crippen LogP contribution >= 0.6 is 0 Å². The molecule has 0 amide bonds. The number of pyridine rings is 2. The Balaban J connectivity index is 1.39. The van der Waals surface area contributed by atoms with Gasteiger partial charge in [-0.2, -0.15) is 0 Å². The average molecular weight is 500 g/mol. The van der Waals surface area contributed by atoms with E-state index in [1.54, 1.807) is 0 Å². The van der Waals surface area contributed by atoms with Crippen molar-refractivity contribution in [3.63, 3.8) is 0 Å². The number of rotatable bonds is 3. The van der Waals surface area contributed by atoms with E-state index in [0.717, 1.165) is 34.6 Å². The van der Waals surface area contributed by atoms with Crippen molar-refractivity contribution in [2.75, 3.05) is 0 Å². The molecule has 39 heavy (non-hydrogen) atoms. The van der Waals surface area contributed by atoms with Gasteiger partial charge >= 0.3 is 0 Å². The number of aromatic nitrogens is 3. The molecule has 3 heterocycles. The van der Waals surface area contributed by atoms with Crippen LogP contribution in [0.4, 0.5) is 0 Å². The molecule has 1 aliphatic carbocycles. The van der Waals surface area contributed by atoms with E-state index in [-0.39, 0.29) is 0 Å². The van der Waals surface area contributed by atoms with Crippen LogP contribution in [0.5, 0.6) is 0 Å². The largest absolute Gasteiger partial charge is 0.294 e. The van der Waals surface area contributed by atoms with E-state index >= 15 is 0 Å². The second-order valence-corrected chi connectivity index (χ2v) is 10.4. The van der Waals surface area contributed by atoms with Crippen molar-refractivity contribution in [3.8, 4) is 39.3 Å². The average Bonchev–Trinajstić information content (AvgIpc) is 3.53. The Morgan fingerprint density at radius 1 is 0.641 bits per heavy atom. The van der Waals surface area contributed by atoms with Crippen LogP contribution in [0.2, 0.25) is 0 Å². The fourth-order valence-corrected chi connectivity index (χ4v) is 6.14. The van der Waals surface area contributed by atoms with E-state index in [1.165, 1.54) is 49.7 Å². The van der Waals surface area contributed by atoms with Gasteiger partial charge in [-0.1, -0.05) is 72.8 Å². The van der Waals surface area contributed by atoms with Crippen LogP contribution in [0, 0.1) is 6.92 Å². The number of hydrogen-bond acceptors (Lipinski definition) is 2. The Labute approximate surface area is 227 Å². The molecule has 0 saturated heterocycles. The third-order valence-corrected chi connectivity index (χ3v) is 7.97. The molecular formula is C36H25N3. The van der Waals surface area contributed by atoms with Crippen molar-refractivity contribution in [3.05, 3.63) is 138 Å². The Morgan fingerprint density at radius 3 is 2.38 bits per heavy atom. The lowest BCUT2D eigenvalue weighted by Crippen LogP contribution is -1.96. The summed E-state index contributed by atoms with van der Waals surface area (Å²) >= 11 is 0. The molecule has 0 fully saturated rings. The van der Waals surface area contributed by atoms with Crippen molar-refractivity contribution in [2.45, 2.75) is 13.3 Å².